The zero-order valence-electron chi connectivity index (χ0n) is 47.8. The van der Waals surface area contributed by atoms with Crippen LogP contribution in [-0.4, -0.2) is 80.4 Å². The Morgan fingerprint density at radius 3 is 1.16 bits per heavy atom. The minimum atomic E-state index is -0.946. The fourth-order valence-electron chi connectivity index (χ4n) is 8.14. The van der Waals surface area contributed by atoms with Gasteiger partial charge in [0.25, 0.3) is 5.69 Å². The molecule has 0 atom stereocenters. The van der Waals surface area contributed by atoms with E-state index < -0.39 is 40.7 Å². The summed E-state index contributed by atoms with van der Waals surface area (Å²) in [6.07, 6.45) is 16.0. The first-order valence-corrected chi connectivity index (χ1v) is 28.4. The van der Waals surface area contributed by atoms with Gasteiger partial charge in [-0.25, -0.2) is 28.8 Å². The molecule has 0 radical (unpaired) electrons. The van der Waals surface area contributed by atoms with Gasteiger partial charge in [0.2, 0.25) is 0 Å². The molecular weight excluding hydrogens is 1110 g/mol. The number of hydrogen-bond donors (Lipinski definition) is 0. The highest BCUT2D eigenvalue weighted by molar-refractivity contribution is 6.06. The normalized spacial score (nSPS) is 10.7. The van der Waals surface area contributed by atoms with Crippen molar-refractivity contribution in [3.63, 3.8) is 0 Å². The van der Waals surface area contributed by atoms with E-state index in [2.05, 4.69) is 23.4 Å². The lowest BCUT2D eigenvalue weighted by Crippen LogP contribution is -2.19. The molecule has 0 aromatic heterocycles. The molecule has 0 fully saturated rings. The van der Waals surface area contributed by atoms with Crippen LogP contribution < -0.4 is 28.4 Å². The molecule has 0 heterocycles. The van der Waals surface area contributed by atoms with E-state index in [0.717, 1.165) is 102 Å². The van der Waals surface area contributed by atoms with Gasteiger partial charge in [-0.15, -0.1) is 0 Å². The largest absolute Gasteiger partial charge is 0.494 e. The summed E-state index contributed by atoms with van der Waals surface area (Å²) in [6.45, 7) is 8.20. The molecule has 6 aromatic rings. The Morgan fingerprint density at radius 1 is 0.372 bits per heavy atom. The van der Waals surface area contributed by atoms with Crippen LogP contribution in [0.3, 0.4) is 0 Å². The Hall–Kier alpha value is -9.98. The fraction of sp³-hybridized carbons (Fsp3) is 0.303. The maximum Gasteiger partial charge on any atom is 0.344 e. The third-order valence-corrected chi connectivity index (χ3v) is 12.8. The highest BCUT2D eigenvalue weighted by Gasteiger charge is 2.24. The number of rotatable bonds is 38. The van der Waals surface area contributed by atoms with Gasteiger partial charge in [0.15, 0.2) is 0 Å². The molecule has 0 amide bonds. The zero-order valence-corrected chi connectivity index (χ0v) is 47.8. The van der Waals surface area contributed by atoms with Gasteiger partial charge in [-0.2, -0.15) is 10.2 Å². The molecule has 0 unspecified atom stereocenters. The number of benzene rings is 6. The molecule has 86 heavy (non-hydrogen) atoms. The molecule has 0 spiro atoms. The van der Waals surface area contributed by atoms with Crippen LogP contribution >= 0.6 is 0 Å². The lowest BCUT2D eigenvalue weighted by atomic mass is 10.0. The molecule has 20 heteroatoms. The van der Waals surface area contributed by atoms with E-state index in [4.69, 9.17) is 42.6 Å². The van der Waals surface area contributed by atoms with Crippen LogP contribution in [0.25, 0.3) is 0 Å². The zero-order chi connectivity index (χ0) is 61.1. The number of unbranched alkanes of at least 4 members (excludes halogenated alkanes) is 12. The maximum absolute atomic E-state index is 13.8. The summed E-state index contributed by atoms with van der Waals surface area (Å²) in [7, 11) is 0. The molecule has 450 valence electrons. The quantitative estimate of drug-likeness (QED) is 0.00510. The van der Waals surface area contributed by atoms with Gasteiger partial charge in [0, 0.05) is 24.3 Å². The van der Waals surface area contributed by atoms with Gasteiger partial charge in [-0.05, 0) is 153 Å². The Labute approximate surface area is 498 Å². The summed E-state index contributed by atoms with van der Waals surface area (Å²) < 4.78 is 49.9. The smallest absolute Gasteiger partial charge is 0.344 e. The van der Waals surface area contributed by atoms with E-state index in [1.807, 2.05) is 0 Å². The number of carbonyl (C=O) groups excluding carboxylic acids is 6. The summed E-state index contributed by atoms with van der Waals surface area (Å²) in [5, 5.41) is 19.1. The molecule has 6 aromatic carbocycles. The number of carbonyl (C=O) groups is 6. The standard InChI is InChI=1S/C66H69N3O17/c1-3-61(70)81-43-17-13-9-5-7-11-15-41-78-53-28-34-57(35-29-53)85-64(73)49-21-40-59(66(75)86-58-38-30-54(31-39-58)79-42-16-12-8-6-10-14-18-44-82-62(71)4-2)60(47-49)65(74)83-46-45-80-55-32-36-56(37-33-55)84-63(72)48-19-22-50(23-20-48)67-68-51-24-26-52(27-25-51)69(76)77/h3-4,19-40,47H,1-2,5-18,41-46H2. The van der Waals surface area contributed by atoms with E-state index in [0.29, 0.717) is 55.1 Å². The number of nitro groups is 1. The summed E-state index contributed by atoms with van der Waals surface area (Å²) in [5.41, 5.74) is 0.536. The van der Waals surface area contributed by atoms with Crippen LogP contribution in [-0.2, 0) is 23.8 Å². The predicted octanol–water partition coefficient (Wildman–Crippen LogP) is 14.6. The molecule has 0 saturated heterocycles. The van der Waals surface area contributed by atoms with Crippen molar-refractivity contribution in [1.82, 2.24) is 0 Å². The average Bonchev–Trinajstić information content (AvgIpc) is 2.13. The van der Waals surface area contributed by atoms with Gasteiger partial charge >= 0.3 is 35.8 Å². The van der Waals surface area contributed by atoms with Crippen LogP contribution in [0.1, 0.15) is 131 Å². The third-order valence-electron chi connectivity index (χ3n) is 12.8. The number of nitro benzene ring substituents is 1. The first-order valence-electron chi connectivity index (χ1n) is 28.4. The second-order valence-electron chi connectivity index (χ2n) is 19.2. The van der Waals surface area contributed by atoms with Crippen LogP contribution in [0.2, 0.25) is 0 Å². The van der Waals surface area contributed by atoms with Gasteiger partial charge in [0.05, 0.1) is 65.0 Å². The molecular formula is C66H69N3O17. The van der Waals surface area contributed by atoms with E-state index in [1.165, 1.54) is 66.7 Å². The SMILES string of the molecule is C=CC(=O)OCCCCCCCCCOc1ccc(OC(=O)c2ccc(C(=O)Oc3ccc(OCCCCCCCCCOC(=O)C=C)cc3)c(C(=O)OCCOc3ccc(OC(=O)c4ccc(N=Nc5ccc([N+](=O)[O-])cc5)cc4)cc3)c2)cc1. The number of hydrogen-bond acceptors (Lipinski definition) is 19. The van der Waals surface area contributed by atoms with Crippen molar-refractivity contribution in [3.8, 4) is 34.5 Å². The Kier molecular flexibility index (Phi) is 27.7. The number of azo groups is 1. The van der Waals surface area contributed by atoms with Crippen molar-refractivity contribution in [2.24, 2.45) is 10.2 Å². The minimum Gasteiger partial charge on any atom is -0.494 e. The van der Waals surface area contributed by atoms with Gasteiger partial charge in [0.1, 0.15) is 47.7 Å². The van der Waals surface area contributed by atoms with Crippen LogP contribution in [0.5, 0.6) is 34.5 Å². The van der Waals surface area contributed by atoms with Gasteiger partial charge < -0.3 is 42.6 Å². The van der Waals surface area contributed by atoms with Gasteiger partial charge in [-0.1, -0.05) is 77.4 Å². The first-order chi connectivity index (χ1) is 41.9. The second-order valence-corrected chi connectivity index (χ2v) is 19.2. The van der Waals surface area contributed by atoms with Crippen molar-refractivity contribution >= 4 is 52.9 Å². The molecule has 0 aliphatic rings. The topological polar surface area (TPSA) is 253 Å². The van der Waals surface area contributed by atoms with Crippen LogP contribution in [0.4, 0.5) is 17.1 Å². The van der Waals surface area contributed by atoms with Crippen molar-refractivity contribution in [3.05, 3.63) is 197 Å². The van der Waals surface area contributed by atoms with E-state index >= 15 is 0 Å². The minimum absolute atomic E-state index is 0.0485. The Bertz CT molecular complexity index is 3200. The molecule has 0 N–H and O–H groups in total. The van der Waals surface area contributed by atoms with E-state index in [1.54, 1.807) is 72.8 Å². The van der Waals surface area contributed by atoms with Crippen molar-refractivity contribution in [2.45, 2.75) is 89.9 Å². The van der Waals surface area contributed by atoms with Crippen LogP contribution in [0.15, 0.2) is 175 Å². The Morgan fingerprint density at radius 2 is 0.733 bits per heavy atom. The summed E-state index contributed by atoms with van der Waals surface area (Å²) in [4.78, 5) is 86.6. The fourth-order valence-corrected chi connectivity index (χ4v) is 8.14. The predicted molar refractivity (Wildman–Crippen MR) is 318 cm³/mol. The molecule has 0 saturated carbocycles. The van der Waals surface area contributed by atoms with Gasteiger partial charge in [-0.3, -0.25) is 10.1 Å². The lowest BCUT2D eigenvalue weighted by molar-refractivity contribution is -0.384. The summed E-state index contributed by atoms with van der Waals surface area (Å²) in [6, 6.07) is 34.7. The Balaban J connectivity index is 0.985. The van der Waals surface area contributed by atoms with Crippen molar-refractivity contribution in [2.75, 3.05) is 39.6 Å². The van der Waals surface area contributed by atoms with Crippen molar-refractivity contribution < 1.29 is 76.3 Å². The van der Waals surface area contributed by atoms with Crippen LogP contribution in [0, 0.1) is 10.1 Å². The molecule has 0 aliphatic carbocycles. The van der Waals surface area contributed by atoms with E-state index in [9.17, 15) is 38.9 Å². The highest BCUT2D eigenvalue weighted by Crippen LogP contribution is 2.26. The third kappa shape index (κ3) is 23.7. The number of non-ortho nitro benzene ring substituents is 1. The number of nitrogens with zero attached hydrogens (tertiary/aromatic N) is 3. The molecule has 0 bridgehead atoms. The maximum atomic E-state index is 13.8. The first kappa shape index (κ1) is 65.2. The second kappa shape index (κ2) is 36.6. The highest BCUT2D eigenvalue weighted by atomic mass is 16.6. The number of ether oxygens (including phenoxy) is 9. The molecule has 6 rings (SSSR count). The average molecular weight is 1180 g/mol. The number of esters is 6. The summed E-state index contributed by atoms with van der Waals surface area (Å²) >= 11 is 0. The van der Waals surface area contributed by atoms with Crippen molar-refractivity contribution in [1.29, 1.82) is 0 Å². The molecule has 20 nitrogen and oxygen atoms in total. The molecule has 0 aliphatic heterocycles. The summed E-state index contributed by atoms with van der Waals surface area (Å²) in [5.74, 6) is -1.93. The monoisotopic (exact) mass is 1180 g/mol. The van der Waals surface area contributed by atoms with E-state index in [-0.39, 0.29) is 58.4 Å². The lowest BCUT2D eigenvalue weighted by Gasteiger charge is -2.13.